The summed E-state index contributed by atoms with van der Waals surface area (Å²) in [6.45, 7) is 2.23. The van der Waals surface area contributed by atoms with Gasteiger partial charge in [0, 0.05) is 5.56 Å². The van der Waals surface area contributed by atoms with Crippen molar-refractivity contribution in [2.45, 2.75) is 64.7 Å². The Morgan fingerprint density at radius 2 is 2.00 bits per heavy atom. The van der Waals surface area contributed by atoms with E-state index in [4.69, 9.17) is 9.47 Å². The van der Waals surface area contributed by atoms with Gasteiger partial charge in [-0.25, -0.2) is 0 Å². The topological polar surface area (TPSA) is 52.6 Å². The maximum atomic E-state index is 12.4. The molecular formula is C20H26O4. The molecule has 24 heavy (non-hydrogen) atoms. The zero-order chi connectivity index (χ0) is 16.9. The zero-order valence-electron chi connectivity index (χ0n) is 14.4. The molecule has 1 aromatic rings. The first-order chi connectivity index (χ1) is 11.7. The van der Waals surface area contributed by atoms with Crippen LogP contribution in [0.1, 0.15) is 63.9 Å². The van der Waals surface area contributed by atoms with Gasteiger partial charge in [-0.15, -0.1) is 0 Å². The third-order valence-corrected chi connectivity index (χ3v) is 5.20. The summed E-state index contributed by atoms with van der Waals surface area (Å²) in [5.74, 6) is 1.50. The fourth-order valence-electron chi connectivity index (χ4n) is 3.74. The van der Waals surface area contributed by atoms with Crippen molar-refractivity contribution in [3.05, 3.63) is 23.8 Å². The summed E-state index contributed by atoms with van der Waals surface area (Å²) in [5.41, 5.74) is 0.796. The molecule has 1 heterocycles. The summed E-state index contributed by atoms with van der Waals surface area (Å²) < 4.78 is 10.6. The second-order valence-electron chi connectivity index (χ2n) is 7.05. The molecule has 0 bridgehead atoms. The molecule has 0 aromatic heterocycles. The van der Waals surface area contributed by atoms with Crippen molar-refractivity contribution in [3.63, 3.8) is 0 Å². The predicted molar refractivity (Wildman–Crippen MR) is 91.0 cm³/mol. The fourth-order valence-corrected chi connectivity index (χ4v) is 3.74. The van der Waals surface area contributed by atoms with Crippen LogP contribution in [0.3, 0.4) is 0 Å². The van der Waals surface area contributed by atoms with Crippen LogP contribution in [-0.2, 0) is 16.0 Å². The number of hydrogen-bond acceptors (Lipinski definition) is 4. The molecule has 1 aromatic carbocycles. The van der Waals surface area contributed by atoms with Crippen LogP contribution >= 0.6 is 0 Å². The largest absolute Gasteiger partial charge is 0.426 e. The second kappa shape index (κ2) is 7.82. The highest BCUT2D eigenvalue weighted by molar-refractivity contribution is 5.81. The minimum Gasteiger partial charge on any atom is -0.426 e. The van der Waals surface area contributed by atoms with E-state index in [1.54, 1.807) is 18.2 Å². The van der Waals surface area contributed by atoms with Gasteiger partial charge < -0.3 is 9.47 Å². The van der Waals surface area contributed by atoms with Crippen molar-refractivity contribution in [2.75, 3.05) is 0 Å². The van der Waals surface area contributed by atoms with E-state index in [-0.39, 0.29) is 24.3 Å². The zero-order valence-corrected chi connectivity index (χ0v) is 14.4. The number of fused-ring (bicyclic) bond motifs is 1. The molecule has 0 saturated heterocycles. The van der Waals surface area contributed by atoms with Crippen LogP contribution in [0.4, 0.5) is 0 Å². The quantitative estimate of drug-likeness (QED) is 0.439. The Morgan fingerprint density at radius 3 is 2.75 bits per heavy atom. The molecule has 0 radical (unpaired) electrons. The van der Waals surface area contributed by atoms with Crippen molar-refractivity contribution < 1.29 is 19.1 Å². The number of hydrogen-bond donors (Lipinski definition) is 0. The van der Waals surface area contributed by atoms with Gasteiger partial charge in [-0.2, -0.15) is 0 Å². The maximum absolute atomic E-state index is 12.4. The van der Waals surface area contributed by atoms with Crippen LogP contribution in [0, 0.1) is 11.8 Å². The molecule has 0 unspecified atom stereocenters. The molecule has 130 valence electrons. The first-order valence-corrected chi connectivity index (χ1v) is 9.21. The van der Waals surface area contributed by atoms with Crippen LogP contribution in [0.2, 0.25) is 0 Å². The summed E-state index contributed by atoms with van der Waals surface area (Å²) in [5, 5.41) is 0. The molecule has 1 fully saturated rings. The molecule has 0 amide bonds. The molecule has 1 aliphatic heterocycles. The highest BCUT2D eigenvalue weighted by atomic mass is 16.5. The Hall–Kier alpha value is -1.84. The highest BCUT2D eigenvalue weighted by Gasteiger charge is 2.28. The lowest BCUT2D eigenvalue weighted by Gasteiger charge is -2.27. The lowest BCUT2D eigenvalue weighted by atomic mass is 9.80. The monoisotopic (exact) mass is 330 g/mol. The number of rotatable bonds is 6. The van der Waals surface area contributed by atoms with E-state index in [1.807, 2.05) is 0 Å². The van der Waals surface area contributed by atoms with Crippen molar-refractivity contribution >= 4 is 11.9 Å². The Labute approximate surface area is 143 Å². The summed E-state index contributed by atoms with van der Waals surface area (Å²) in [7, 11) is 0. The minimum absolute atomic E-state index is 0.0126. The fraction of sp³-hybridized carbons (Fsp3) is 0.600. The number of carbonyl (C=O) groups excluding carboxylic acids is 2. The first-order valence-electron chi connectivity index (χ1n) is 9.21. The van der Waals surface area contributed by atoms with E-state index in [2.05, 4.69) is 6.92 Å². The Bertz CT molecular complexity index is 600. The molecule has 1 aliphatic carbocycles. The maximum Gasteiger partial charge on any atom is 0.315 e. The van der Waals surface area contributed by atoms with Gasteiger partial charge in [0.05, 0.1) is 12.3 Å². The SMILES string of the molecule is CCCCCC1CCC(C(=O)Oc2ccc3c(c2)CC(=O)O3)CC1. The van der Waals surface area contributed by atoms with E-state index in [1.165, 1.54) is 25.7 Å². The van der Waals surface area contributed by atoms with Crippen LogP contribution in [0.25, 0.3) is 0 Å². The van der Waals surface area contributed by atoms with Crippen LogP contribution in [-0.4, -0.2) is 11.9 Å². The summed E-state index contributed by atoms with van der Waals surface area (Å²) in [6.07, 6.45) is 9.58. The van der Waals surface area contributed by atoms with Gasteiger partial charge in [0.1, 0.15) is 11.5 Å². The van der Waals surface area contributed by atoms with Gasteiger partial charge in [-0.3, -0.25) is 9.59 Å². The van der Waals surface area contributed by atoms with Crippen molar-refractivity contribution in [1.29, 1.82) is 0 Å². The summed E-state index contributed by atoms with van der Waals surface area (Å²) >= 11 is 0. The molecule has 0 N–H and O–H groups in total. The average molecular weight is 330 g/mol. The summed E-state index contributed by atoms with van der Waals surface area (Å²) in [6, 6.07) is 5.15. The van der Waals surface area contributed by atoms with E-state index < -0.39 is 0 Å². The Balaban J connectivity index is 1.48. The molecule has 1 saturated carbocycles. The molecule has 2 aliphatic rings. The number of benzene rings is 1. The van der Waals surface area contributed by atoms with Gasteiger partial charge in [-0.05, 0) is 49.8 Å². The van der Waals surface area contributed by atoms with Gasteiger partial charge in [0.2, 0.25) is 0 Å². The molecular weight excluding hydrogens is 304 g/mol. The molecule has 4 nitrogen and oxygen atoms in total. The predicted octanol–water partition coefficient (Wildman–Crippen LogP) is 4.44. The first kappa shape index (κ1) is 17.0. The number of ether oxygens (including phenoxy) is 2. The highest BCUT2D eigenvalue weighted by Crippen LogP contribution is 2.34. The van der Waals surface area contributed by atoms with Gasteiger partial charge in [0.15, 0.2) is 0 Å². The molecule has 0 atom stereocenters. The van der Waals surface area contributed by atoms with Crippen molar-refractivity contribution in [1.82, 2.24) is 0 Å². The van der Waals surface area contributed by atoms with Crippen LogP contribution in [0.5, 0.6) is 11.5 Å². The number of unbranched alkanes of at least 4 members (excludes halogenated alkanes) is 2. The number of carbonyl (C=O) groups is 2. The van der Waals surface area contributed by atoms with Gasteiger partial charge in [0.25, 0.3) is 0 Å². The van der Waals surface area contributed by atoms with Gasteiger partial charge >= 0.3 is 11.9 Å². The van der Waals surface area contributed by atoms with Crippen molar-refractivity contribution in [3.8, 4) is 11.5 Å². The van der Waals surface area contributed by atoms with E-state index in [0.29, 0.717) is 11.5 Å². The Kier molecular flexibility index (Phi) is 5.54. The van der Waals surface area contributed by atoms with Crippen LogP contribution < -0.4 is 9.47 Å². The molecule has 3 rings (SSSR count). The lowest BCUT2D eigenvalue weighted by molar-refractivity contribution is -0.140. The van der Waals surface area contributed by atoms with E-state index >= 15 is 0 Å². The minimum atomic E-state index is -0.255. The number of esters is 2. The Morgan fingerprint density at radius 1 is 1.21 bits per heavy atom. The third-order valence-electron chi connectivity index (χ3n) is 5.20. The standard InChI is InChI=1S/C20H26O4/c1-2-3-4-5-14-6-8-15(9-7-14)20(22)23-17-10-11-18-16(12-17)13-19(21)24-18/h10-12,14-15H,2-9,13H2,1H3. The van der Waals surface area contributed by atoms with E-state index in [9.17, 15) is 9.59 Å². The smallest absolute Gasteiger partial charge is 0.315 e. The van der Waals surface area contributed by atoms with Crippen LogP contribution in [0.15, 0.2) is 18.2 Å². The second-order valence-corrected chi connectivity index (χ2v) is 7.05. The third kappa shape index (κ3) is 4.16. The van der Waals surface area contributed by atoms with Crippen molar-refractivity contribution in [2.24, 2.45) is 11.8 Å². The summed E-state index contributed by atoms with van der Waals surface area (Å²) in [4.78, 5) is 23.7. The lowest BCUT2D eigenvalue weighted by Crippen LogP contribution is -2.25. The van der Waals surface area contributed by atoms with Gasteiger partial charge in [-0.1, -0.05) is 32.6 Å². The molecule has 4 heteroatoms. The average Bonchev–Trinajstić information content (AvgIpc) is 2.95. The van der Waals surface area contributed by atoms with E-state index in [0.717, 1.165) is 37.2 Å². The molecule has 0 spiro atoms. The normalized spacial score (nSPS) is 22.8.